The van der Waals surface area contributed by atoms with Crippen LogP contribution in [-0.2, 0) is 13.0 Å². The van der Waals surface area contributed by atoms with Gasteiger partial charge in [0.05, 0.1) is 16.6 Å². The van der Waals surface area contributed by atoms with Gasteiger partial charge in [0.15, 0.2) is 5.43 Å². The number of rotatable bonds is 5. The maximum atomic E-state index is 13.8. The number of H-pyrrole nitrogens is 1. The second kappa shape index (κ2) is 8.82. The minimum Gasteiger partial charge on any atom is -0.489 e. The molecule has 1 aliphatic rings. The largest absolute Gasteiger partial charge is 0.489 e. The van der Waals surface area contributed by atoms with Crippen molar-refractivity contribution in [2.24, 2.45) is 0 Å². The molecule has 1 N–H and O–H groups in total. The lowest BCUT2D eigenvalue weighted by Crippen LogP contribution is -2.17. The van der Waals surface area contributed by atoms with Gasteiger partial charge in [-0.25, -0.2) is 9.97 Å². The van der Waals surface area contributed by atoms with Crippen molar-refractivity contribution in [2.45, 2.75) is 22.8 Å². The lowest BCUT2D eigenvalue weighted by atomic mass is 10.0. The maximum absolute atomic E-state index is 13.8. The molecular formula is C27H17BrN6O2S. The van der Waals surface area contributed by atoms with Gasteiger partial charge in [-0.05, 0) is 42.0 Å². The molecule has 6 aromatic rings. The van der Waals surface area contributed by atoms with Crippen LogP contribution < -0.4 is 10.2 Å². The van der Waals surface area contributed by atoms with Crippen molar-refractivity contribution in [1.29, 1.82) is 0 Å². The summed E-state index contributed by atoms with van der Waals surface area (Å²) in [7, 11) is 0. The highest BCUT2D eigenvalue weighted by molar-refractivity contribution is 9.10. The van der Waals surface area contributed by atoms with Gasteiger partial charge in [0.25, 0.3) is 0 Å². The Bertz CT molecular complexity index is 1890. The molecule has 0 unspecified atom stereocenters. The van der Waals surface area contributed by atoms with Gasteiger partial charge in [0, 0.05) is 50.4 Å². The number of hydrogen-bond acceptors (Lipinski definition) is 7. The predicted octanol–water partition coefficient (Wildman–Crippen LogP) is 5.45. The molecular weight excluding hydrogens is 552 g/mol. The third-order valence-electron chi connectivity index (χ3n) is 6.34. The van der Waals surface area contributed by atoms with E-state index in [1.165, 1.54) is 6.33 Å². The van der Waals surface area contributed by atoms with Gasteiger partial charge in [-0.3, -0.25) is 4.79 Å². The fraction of sp³-hybridized carbons (Fsp3) is 0.0741. The first kappa shape index (κ1) is 22.2. The number of fused-ring (bicyclic) bond motifs is 3. The Kier molecular flexibility index (Phi) is 5.29. The monoisotopic (exact) mass is 568 g/mol. The zero-order chi connectivity index (χ0) is 24.9. The van der Waals surface area contributed by atoms with Crippen molar-refractivity contribution >= 4 is 49.6 Å². The molecule has 180 valence electrons. The first-order valence-electron chi connectivity index (χ1n) is 11.5. The summed E-state index contributed by atoms with van der Waals surface area (Å²) in [5.41, 5.74) is 5.87. The van der Waals surface area contributed by atoms with E-state index in [1.807, 2.05) is 42.6 Å². The molecule has 0 spiro atoms. The molecule has 0 fully saturated rings. The van der Waals surface area contributed by atoms with Crippen LogP contribution in [0.5, 0.6) is 5.75 Å². The van der Waals surface area contributed by atoms with Crippen molar-refractivity contribution in [2.75, 3.05) is 0 Å². The van der Waals surface area contributed by atoms with Gasteiger partial charge in [0.2, 0.25) is 0 Å². The van der Waals surface area contributed by atoms with E-state index in [0.717, 1.165) is 47.6 Å². The highest BCUT2D eigenvalue weighted by atomic mass is 79.9. The van der Waals surface area contributed by atoms with Crippen LogP contribution in [0.3, 0.4) is 0 Å². The second-order valence-corrected chi connectivity index (χ2v) is 10.7. The molecule has 4 heterocycles. The van der Waals surface area contributed by atoms with E-state index >= 15 is 0 Å². The van der Waals surface area contributed by atoms with Crippen molar-refractivity contribution in [1.82, 2.24) is 29.9 Å². The highest BCUT2D eigenvalue weighted by Crippen LogP contribution is 2.44. The zero-order valence-corrected chi connectivity index (χ0v) is 21.6. The summed E-state index contributed by atoms with van der Waals surface area (Å²) in [6, 6.07) is 15.8. The van der Waals surface area contributed by atoms with Crippen LogP contribution in [0.2, 0.25) is 0 Å². The fourth-order valence-electron chi connectivity index (χ4n) is 4.66. The van der Waals surface area contributed by atoms with E-state index in [1.54, 1.807) is 24.2 Å². The van der Waals surface area contributed by atoms with Gasteiger partial charge in [-0.1, -0.05) is 39.8 Å². The molecule has 7 rings (SSSR count). The number of ether oxygens (including phenoxy) is 1. The summed E-state index contributed by atoms with van der Waals surface area (Å²) >= 11 is 5.24. The Labute approximate surface area is 222 Å². The molecule has 8 nitrogen and oxygen atoms in total. The van der Waals surface area contributed by atoms with Crippen molar-refractivity contribution in [3.8, 4) is 11.4 Å². The Hall–Kier alpha value is -4.02. The number of benzene rings is 3. The number of hydrogen-bond donors (Lipinski definition) is 1. The Balaban J connectivity index is 1.37. The quantitative estimate of drug-likeness (QED) is 0.295. The Morgan fingerprint density at radius 1 is 1.00 bits per heavy atom. The zero-order valence-electron chi connectivity index (χ0n) is 19.2. The number of aromatic nitrogens is 6. The number of pyridine rings is 1. The molecule has 0 aliphatic carbocycles. The van der Waals surface area contributed by atoms with Gasteiger partial charge < -0.3 is 9.30 Å². The van der Waals surface area contributed by atoms with Crippen LogP contribution in [0, 0.1) is 0 Å². The van der Waals surface area contributed by atoms with Crippen LogP contribution in [0.25, 0.3) is 27.6 Å². The molecule has 3 aromatic carbocycles. The SMILES string of the molecule is O=c1c(Cc2cncnc2)cn2c3c(cc(OCc4cccc5n[nH]nc45)cc13)Sc1ccc(Br)cc1-2. The smallest absolute Gasteiger partial charge is 0.193 e. The van der Waals surface area contributed by atoms with Gasteiger partial charge in [-0.2, -0.15) is 15.4 Å². The number of para-hydroxylation sites is 1. The summed E-state index contributed by atoms with van der Waals surface area (Å²) < 4.78 is 9.32. The summed E-state index contributed by atoms with van der Waals surface area (Å²) in [4.78, 5) is 24.1. The van der Waals surface area contributed by atoms with E-state index in [4.69, 9.17) is 4.74 Å². The minimum atomic E-state index is -0.0283. The van der Waals surface area contributed by atoms with Gasteiger partial charge in [0.1, 0.15) is 29.7 Å². The van der Waals surface area contributed by atoms with Gasteiger partial charge >= 0.3 is 0 Å². The normalized spacial score (nSPS) is 12.1. The van der Waals surface area contributed by atoms with Gasteiger partial charge in [-0.15, -0.1) is 0 Å². The molecule has 0 atom stereocenters. The van der Waals surface area contributed by atoms with E-state index < -0.39 is 0 Å². The summed E-state index contributed by atoms with van der Waals surface area (Å²) in [5.74, 6) is 0.625. The summed E-state index contributed by atoms with van der Waals surface area (Å²) in [6.07, 6.45) is 7.34. The summed E-state index contributed by atoms with van der Waals surface area (Å²) in [6.45, 7) is 0.304. The van der Waals surface area contributed by atoms with Crippen LogP contribution in [0.1, 0.15) is 16.7 Å². The van der Waals surface area contributed by atoms with Crippen molar-refractivity contribution in [3.05, 3.63) is 105 Å². The highest BCUT2D eigenvalue weighted by Gasteiger charge is 2.23. The average molecular weight is 569 g/mol. The summed E-state index contributed by atoms with van der Waals surface area (Å²) in [5, 5.41) is 11.7. The fourth-order valence-corrected chi connectivity index (χ4v) is 6.13. The molecule has 37 heavy (non-hydrogen) atoms. The van der Waals surface area contributed by atoms with Crippen LogP contribution in [-0.4, -0.2) is 29.9 Å². The standard InChI is InChI=1S/C27H17BrN6O2S/c28-18-4-5-23-22(7-18)34-12-17(6-15-10-29-14-30-11-15)27(35)20-8-19(9-24(37-23)26(20)34)36-13-16-2-1-3-21-25(16)32-33-31-21/h1-5,7-12,14H,6,13H2,(H,31,32,33). The van der Waals surface area contributed by atoms with E-state index in [-0.39, 0.29) is 5.43 Å². The average Bonchev–Trinajstić information content (AvgIpc) is 3.40. The number of nitrogens with zero attached hydrogens (tertiary/aromatic N) is 5. The van der Waals surface area contributed by atoms with Crippen molar-refractivity contribution in [3.63, 3.8) is 0 Å². The molecule has 0 bridgehead atoms. The number of aromatic amines is 1. The second-order valence-electron chi connectivity index (χ2n) is 8.71. The Morgan fingerprint density at radius 3 is 2.78 bits per heavy atom. The minimum absolute atomic E-state index is 0.0283. The Morgan fingerprint density at radius 2 is 1.89 bits per heavy atom. The third kappa shape index (κ3) is 3.89. The molecule has 0 radical (unpaired) electrons. The number of halogens is 1. The maximum Gasteiger partial charge on any atom is 0.193 e. The van der Waals surface area contributed by atoms with E-state index in [0.29, 0.717) is 29.7 Å². The predicted molar refractivity (Wildman–Crippen MR) is 144 cm³/mol. The van der Waals surface area contributed by atoms with E-state index in [2.05, 4.69) is 58.0 Å². The lowest BCUT2D eigenvalue weighted by Gasteiger charge is -2.24. The first-order valence-corrected chi connectivity index (χ1v) is 13.1. The van der Waals surface area contributed by atoms with E-state index in [9.17, 15) is 4.79 Å². The topological polar surface area (TPSA) is 98.6 Å². The van der Waals surface area contributed by atoms with Crippen LogP contribution >= 0.6 is 27.7 Å². The molecule has 0 saturated carbocycles. The lowest BCUT2D eigenvalue weighted by molar-refractivity contribution is 0.307. The first-order chi connectivity index (χ1) is 18.1. The molecule has 0 saturated heterocycles. The van der Waals surface area contributed by atoms with Crippen LogP contribution in [0.15, 0.2) is 92.5 Å². The number of nitrogens with one attached hydrogen (secondary N) is 1. The van der Waals surface area contributed by atoms with Crippen molar-refractivity contribution < 1.29 is 4.74 Å². The molecule has 3 aromatic heterocycles. The molecule has 10 heteroatoms. The molecule has 1 aliphatic heterocycles. The molecule has 0 amide bonds. The van der Waals surface area contributed by atoms with Crippen LogP contribution in [0.4, 0.5) is 0 Å². The third-order valence-corrected chi connectivity index (χ3v) is 7.93.